The van der Waals surface area contributed by atoms with Gasteiger partial charge in [-0.05, 0) is 37.8 Å². The van der Waals surface area contributed by atoms with Gasteiger partial charge in [-0.1, -0.05) is 39.0 Å². The average Bonchev–Trinajstić information content (AvgIpc) is 3.33. The van der Waals surface area contributed by atoms with Crippen LogP contribution in [-0.2, 0) is 6.54 Å². The van der Waals surface area contributed by atoms with Crippen molar-refractivity contribution in [1.82, 2.24) is 9.13 Å². The van der Waals surface area contributed by atoms with E-state index in [0.29, 0.717) is 11.2 Å². The number of aromatic nitrogens is 2. The van der Waals surface area contributed by atoms with Crippen molar-refractivity contribution in [3.8, 4) is 0 Å². The first-order valence-electron chi connectivity index (χ1n) is 11.8. The summed E-state index contributed by atoms with van der Waals surface area (Å²) in [5.41, 5.74) is -1.29. The quantitative estimate of drug-likeness (QED) is 0.606. The van der Waals surface area contributed by atoms with E-state index in [0.717, 1.165) is 55.9 Å². The molecule has 0 atom stereocenters. The topological polar surface area (TPSA) is 96.5 Å². The summed E-state index contributed by atoms with van der Waals surface area (Å²) in [6, 6.07) is 3.00. The molecule has 0 spiro atoms. The summed E-state index contributed by atoms with van der Waals surface area (Å²) >= 11 is 0. The molecular weight excluding hydrogens is 413 g/mol. The molecule has 1 heterocycles. The highest BCUT2D eigenvalue weighted by molar-refractivity contribution is 5.82. The van der Waals surface area contributed by atoms with Gasteiger partial charge in [0.2, 0.25) is 0 Å². The SMILES string of the molecule is CC(CO)(CO)Cn1c(=O)c2cc(F)c(NC3CCCCC3)cc2n(C2CCCC2)c1=O. The van der Waals surface area contributed by atoms with E-state index in [1.54, 1.807) is 17.6 Å². The Morgan fingerprint density at radius 1 is 1.03 bits per heavy atom. The van der Waals surface area contributed by atoms with Crippen molar-refractivity contribution < 1.29 is 14.6 Å². The number of fused-ring (bicyclic) bond motifs is 1. The van der Waals surface area contributed by atoms with Gasteiger partial charge >= 0.3 is 5.69 Å². The molecule has 176 valence electrons. The molecule has 2 saturated carbocycles. The predicted molar refractivity (Wildman–Crippen MR) is 123 cm³/mol. The van der Waals surface area contributed by atoms with E-state index in [1.807, 2.05) is 0 Å². The molecule has 0 amide bonds. The van der Waals surface area contributed by atoms with Gasteiger partial charge in [-0.3, -0.25) is 13.9 Å². The molecule has 0 radical (unpaired) electrons. The van der Waals surface area contributed by atoms with Crippen LogP contribution in [0.4, 0.5) is 10.1 Å². The molecule has 1 aromatic heterocycles. The molecule has 3 N–H and O–H groups in total. The van der Waals surface area contributed by atoms with E-state index < -0.39 is 22.5 Å². The third kappa shape index (κ3) is 4.35. The highest BCUT2D eigenvalue weighted by atomic mass is 19.1. The van der Waals surface area contributed by atoms with E-state index in [1.165, 1.54) is 12.5 Å². The van der Waals surface area contributed by atoms with Gasteiger partial charge in [0.15, 0.2) is 0 Å². The Morgan fingerprint density at radius 2 is 1.66 bits per heavy atom. The van der Waals surface area contributed by atoms with Gasteiger partial charge in [0.05, 0.1) is 29.8 Å². The fourth-order valence-corrected chi connectivity index (χ4v) is 5.16. The Kier molecular flexibility index (Phi) is 6.72. The number of aliphatic hydroxyl groups excluding tert-OH is 2. The summed E-state index contributed by atoms with van der Waals surface area (Å²) < 4.78 is 17.8. The summed E-state index contributed by atoms with van der Waals surface area (Å²) in [7, 11) is 0. The van der Waals surface area contributed by atoms with Crippen molar-refractivity contribution in [3.05, 3.63) is 38.8 Å². The molecule has 2 aliphatic rings. The lowest BCUT2D eigenvalue weighted by Gasteiger charge is -2.27. The van der Waals surface area contributed by atoms with E-state index in [2.05, 4.69) is 5.32 Å². The largest absolute Gasteiger partial charge is 0.396 e. The molecule has 0 saturated heterocycles. The van der Waals surface area contributed by atoms with Crippen molar-refractivity contribution in [2.24, 2.45) is 5.41 Å². The number of hydrogen-bond donors (Lipinski definition) is 3. The van der Waals surface area contributed by atoms with E-state index >= 15 is 4.39 Å². The second-order valence-corrected chi connectivity index (χ2v) is 9.94. The van der Waals surface area contributed by atoms with Gasteiger partial charge in [0.1, 0.15) is 5.82 Å². The van der Waals surface area contributed by atoms with Gasteiger partial charge in [0.25, 0.3) is 5.56 Å². The maximum absolute atomic E-state index is 15.1. The zero-order valence-corrected chi connectivity index (χ0v) is 18.8. The highest BCUT2D eigenvalue weighted by Gasteiger charge is 2.29. The van der Waals surface area contributed by atoms with Crippen molar-refractivity contribution in [1.29, 1.82) is 0 Å². The maximum atomic E-state index is 15.1. The normalized spacial score (nSPS) is 18.5. The van der Waals surface area contributed by atoms with Crippen LogP contribution in [0, 0.1) is 11.2 Å². The Hall–Kier alpha value is -2.19. The van der Waals surface area contributed by atoms with E-state index in [-0.39, 0.29) is 37.2 Å². The average molecular weight is 448 g/mol. The van der Waals surface area contributed by atoms with E-state index in [4.69, 9.17) is 0 Å². The highest BCUT2D eigenvalue weighted by Crippen LogP contribution is 2.32. The van der Waals surface area contributed by atoms with Gasteiger partial charge in [-0.15, -0.1) is 0 Å². The summed E-state index contributed by atoms with van der Waals surface area (Å²) in [4.78, 5) is 26.8. The molecule has 2 aliphatic carbocycles. The number of nitrogens with zero attached hydrogens (tertiary/aromatic N) is 2. The Labute approximate surface area is 186 Å². The standard InChI is InChI=1S/C24H34FN3O4/c1-24(14-29,15-30)13-27-22(31)18-11-19(25)20(26-16-7-3-2-4-8-16)12-21(18)28(23(27)32)17-9-5-6-10-17/h11-12,16-17,26,29-30H,2-10,13-15H2,1H3. The first-order valence-corrected chi connectivity index (χ1v) is 11.8. The minimum Gasteiger partial charge on any atom is -0.396 e. The van der Waals surface area contributed by atoms with Crippen LogP contribution in [0.5, 0.6) is 0 Å². The van der Waals surface area contributed by atoms with Crippen molar-refractivity contribution in [2.45, 2.75) is 83.3 Å². The number of rotatable bonds is 7. The van der Waals surface area contributed by atoms with Crippen LogP contribution < -0.4 is 16.6 Å². The van der Waals surface area contributed by atoms with Crippen LogP contribution in [0.1, 0.15) is 70.8 Å². The summed E-state index contributed by atoms with van der Waals surface area (Å²) in [5.74, 6) is -0.504. The van der Waals surface area contributed by atoms with Crippen LogP contribution in [0.3, 0.4) is 0 Å². The fourth-order valence-electron chi connectivity index (χ4n) is 5.16. The number of nitrogens with one attached hydrogen (secondary N) is 1. The number of halogens is 1. The molecule has 32 heavy (non-hydrogen) atoms. The van der Waals surface area contributed by atoms with Gasteiger partial charge in [-0.25, -0.2) is 9.18 Å². The number of hydrogen-bond acceptors (Lipinski definition) is 5. The second kappa shape index (κ2) is 9.35. The van der Waals surface area contributed by atoms with Crippen molar-refractivity contribution in [3.63, 3.8) is 0 Å². The minimum absolute atomic E-state index is 0.0562. The first kappa shape index (κ1) is 23.0. The first-order chi connectivity index (χ1) is 15.4. The molecule has 1 aromatic carbocycles. The molecule has 2 fully saturated rings. The lowest BCUT2D eigenvalue weighted by molar-refractivity contribution is 0.0532. The van der Waals surface area contributed by atoms with Crippen LogP contribution in [0.25, 0.3) is 10.9 Å². The Morgan fingerprint density at radius 3 is 2.28 bits per heavy atom. The molecule has 8 heteroatoms. The second-order valence-electron chi connectivity index (χ2n) is 9.94. The molecule has 2 aromatic rings. The smallest absolute Gasteiger partial charge is 0.331 e. The molecule has 0 aliphatic heterocycles. The number of anilines is 1. The van der Waals surface area contributed by atoms with E-state index in [9.17, 15) is 19.8 Å². The van der Waals surface area contributed by atoms with Crippen LogP contribution >= 0.6 is 0 Å². The third-order valence-corrected chi connectivity index (χ3v) is 7.22. The molecule has 4 rings (SSSR count). The summed E-state index contributed by atoms with van der Waals surface area (Å²) in [6.45, 7) is 0.718. The van der Waals surface area contributed by atoms with Gasteiger partial charge in [-0.2, -0.15) is 0 Å². The lowest BCUT2D eigenvalue weighted by atomic mass is 9.93. The van der Waals surface area contributed by atoms with Crippen LogP contribution in [0.15, 0.2) is 21.7 Å². The Bertz CT molecular complexity index is 1080. The van der Waals surface area contributed by atoms with Crippen molar-refractivity contribution in [2.75, 3.05) is 18.5 Å². The third-order valence-electron chi connectivity index (χ3n) is 7.22. The molecule has 7 nitrogen and oxygen atoms in total. The van der Waals surface area contributed by atoms with Gasteiger partial charge in [0, 0.05) is 24.0 Å². The monoisotopic (exact) mass is 447 g/mol. The lowest BCUT2D eigenvalue weighted by Crippen LogP contribution is -2.46. The summed E-state index contributed by atoms with van der Waals surface area (Å²) in [5, 5.41) is 22.9. The number of aliphatic hydroxyl groups is 2. The predicted octanol–water partition coefficient (Wildman–Crippen LogP) is 3.15. The van der Waals surface area contributed by atoms with Crippen LogP contribution in [0.2, 0.25) is 0 Å². The van der Waals surface area contributed by atoms with Crippen LogP contribution in [-0.4, -0.2) is 38.6 Å². The number of benzene rings is 1. The molecular formula is C24H34FN3O4. The zero-order valence-electron chi connectivity index (χ0n) is 18.8. The minimum atomic E-state index is -1.04. The van der Waals surface area contributed by atoms with Crippen molar-refractivity contribution >= 4 is 16.6 Å². The maximum Gasteiger partial charge on any atom is 0.331 e. The molecule has 0 bridgehead atoms. The van der Waals surface area contributed by atoms with Gasteiger partial charge < -0.3 is 15.5 Å². The fraction of sp³-hybridized carbons (Fsp3) is 0.667. The zero-order chi connectivity index (χ0) is 22.9. The summed E-state index contributed by atoms with van der Waals surface area (Å²) in [6.07, 6.45) is 9.02. The Balaban J connectivity index is 1.88. The molecule has 0 unspecified atom stereocenters.